The van der Waals surface area contributed by atoms with Gasteiger partial charge in [-0.15, -0.1) is 0 Å². The van der Waals surface area contributed by atoms with E-state index in [1.807, 2.05) is 26.0 Å². The lowest BCUT2D eigenvalue weighted by Crippen LogP contribution is -2.34. The Bertz CT molecular complexity index is 882. The highest BCUT2D eigenvalue weighted by Gasteiger charge is 2.17. The quantitative estimate of drug-likeness (QED) is 0.693. The largest absolute Gasteiger partial charge is 0.351 e. The molecule has 6 nitrogen and oxygen atoms in total. The fourth-order valence-corrected chi connectivity index (χ4v) is 3.90. The number of hydrogen-bond donors (Lipinski definition) is 1. The number of rotatable bonds is 8. The summed E-state index contributed by atoms with van der Waals surface area (Å²) in [5.74, 6) is 0.923. The molecule has 3 rings (SSSR count). The van der Waals surface area contributed by atoms with Gasteiger partial charge in [-0.25, -0.2) is 4.68 Å². The van der Waals surface area contributed by atoms with Gasteiger partial charge in [-0.05, 0) is 63.2 Å². The topological polar surface area (TPSA) is 67.2 Å². The lowest BCUT2D eigenvalue weighted by molar-refractivity contribution is 0.0946. The Hall–Kier alpha value is -2.21. The number of amides is 1. The van der Waals surface area contributed by atoms with Gasteiger partial charge in [-0.1, -0.05) is 39.0 Å². The molecule has 0 radical (unpaired) electrons. The Morgan fingerprint density at radius 2 is 1.86 bits per heavy atom. The molecular weight excluding hydrogens is 364 g/mol. The summed E-state index contributed by atoms with van der Waals surface area (Å²) in [7, 11) is 0. The summed E-state index contributed by atoms with van der Waals surface area (Å²) in [4.78, 5) is 28.0. The van der Waals surface area contributed by atoms with Crippen molar-refractivity contribution in [3.63, 3.8) is 0 Å². The minimum absolute atomic E-state index is 0.137. The number of nitrogens with zero attached hydrogens (tertiary/aromatic N) is 3. The number of carbonyl (C=O) groups is 1. The molecule has 0 unspecified atom stereocenters. The van der Waals surface area contributed by atoms with Gasteiger partial charge in [-0.2, -0.15) is 5.10 Å². The fourth-order valence-electron chi connectivity index (χ4n) is 3.90. The molecule has 2 aromatic rings. The van der Waals surface area contributed by atoms with Gasteiger partial charge < -0.3 is 10.2 Å². The van der Waals surface area contributed by atoms with Crippen molar-refractivity contribution < 1.29 is 4.79 Å². The van der Waals surface area contributed by atoms with Crippen LogP contribution in [0.2, 0.25) is 0 Å². The Morgan fingerprint density at radius 3 is 2.55 bits per heavy atom. The Balaban J connectivity index is 1.60. The number of likely N-dealkylation sites (tertiary alicyclic amines) is 1. The van der Waals surface area contributed by atoms with E-state index in [1.165, 1.54) is 30.6 Å². The van der Waals surface area contributed by atoms with Crippen LogP contribution in [-0.4, -0.2) is 46.8 Å². The molecule has 158 valence electrons. The number of unbranched alkanes of at least 4 members (excludes halogenated alkanes) is 1. The van der Waals surface area contributed by atoms with E-state index < -0.39 is 0 Å². The molecule has 1 saturated heterocycles. The van der Waals surface area contributed by atoms with Crippen LogP contribution in [0.3, 0.4) is 0 Å². The summed E-state index contributed by atoms with van der Waals surface area (Å²) in [6.45, 7) is 11.0. The molecule has 1 aromatic carbocycles. The van der Waals surface area contributed by atoms with E-state index in [0.717, 1.165) is 25.3 Å². The Labute approximate surface area is 173 Å². The maximum atomic E-state index is 12.8. The molecule has 29 heavy (non-hydrogen) atoms. The van der Waals surface area contributed by atoms with Crippen LogP contribution in [-0.2, 0) is 6.54 Å². The van der Waals surface area contributed by atoms with Crippen molar-refractivity contribution in [2.75, 3.05) is 26.2 Å². The van der Waals surface area contributed by atoms with Crippen LogP contribution in [0.5, 0.6) is 0 Å². The Kier molecular flexibility index (Phi) is 7.42. The van der Waals surface area contributed by atoms with Crippen molar-refractivity contribution in [2.45, 2.75) is 53.0 Å². The summed E-state index contributed by atoms with van der Waals surface area (Å²) in [6, 6.07) is 7.24. The van der Waals surface area contributed by atoms with E-state index >= 15 is 0 Å². The van der Waals surface area contributed by atoms with Gasteiger partial charge in [-0.3, -0.25) is 9.59 Å². The molecule has 0 spiro atoms. The molecule has 0 bridgehead atoms. The summed E-state index contributed by atoms with van der Waals surface area (Å²) in [5, 5.41) is 8.58. The highest BCUT2D eigenvalue weighted by molar-refractivity contribution is 6.04. The first-order valence-electron chi connectivity index (χ1n) is 11.0. The summed E-state index contributed by atoms with van der Waals surface area (Å²) in [5.41, 5.74) is 0.201. The number of aromatic nitrogens is 2. The van der Waals surface area contributed by atoms with E-state index in [9.17, 15) is 9.59 Å². The minimum Gasteiger partial charge on any atom is -0.351 e. The predicted octanol–water partition coefficient (Wildman–Crippen LogP) is 3.29. The SMILES string of the molecule is CC(C)Cn1nc(C(=O)NCCCCN2CCC(C)CC2)c2ccccc2c1=O. The predicted molar refractivity (Wildman–Crippen MR) is 117 cm³/mol. The molecule has 0 atom stereocenters. The highest BCUT2D eigenvalue weighted by atomic mass is 16.2. The van der Waals surface area contributed by atoms with Crippen LogP contribution in [0.1, 0.15) is 56.9 Å². The van der Waals surface area contributed by atoms with E-state index in [2.05, 4.69) is 22.2 Å². The van der Waals surface area contributed by atoms with Gasteiger partial charge in [0.25, 0.3) is 11.5 Å². The van der Waals surface area contributed by atoms with Crippen molar-refractivity contribution >= 4 is 16.7 Å². The van der Waals surface area contributed by atoms with Crippen molar-refractivity contribution in [1.29, 1.82) is 0 Å². The zero-order valence-electron chi connectivity index (χ0n) is 18.0. The van der Waals surface area contributed by atoms with Gasteiger partial charge in [0.05, 0.1) is 5.39 Å². The lowest BCUT2D eigenvalue weighted by atomic mass is 9.99. The maximum Gasteiger partial charge on any atom is 0.274 e. The maximum absolute atomic E-state index is 12.8. The lowest BCUT2D eigenvalue weighted by Gasteiger charge is -2.30. The number of nitrogens with one attached hydrogen (secondary N) is 1. The van der Waals surface area contributed by atoms with Gasteiger partial charge >= 0.3 is 0 Å². The molecule has 1 aliphatic heterocycles. The molecule has 0 saturated carbocycles. The van der Waals surface area contributed by atoms with Gasteiger partial charge in [0.1, 0.15) is 0 Å². The van der Waals surface area contributed by atoms with Gasteiger partial charge in [0.2, 0.25) is 0 Å². The van der Waals surface area contributed by atoms with E-state index in [0.29, 0.717) is 29.6 Å². The van der Waals surface area contributed by atoms with Crippen molar-refractivity contribution in [2.24, 2.45) is 11.8 Å². The minimum atomic E-state index is -0.203. The third-order valence-corrected chi connectivity index (χ3v) is 5.68. The summed E-state index contributed by atoms with van der Waals surface area (Å²) >= 11 is 0. The smallest absolute Gasteiger partial charge is 0.274 e. The molecule has 2 heterocycles. The molecule has 1 amide bonds. The van der Waals surface area contributed by atoms with Crippen molar-refractivity contribution in [1.82, 2.24) is 20.0 Å². The zero-order chi connectivity index (χ0) is 20.8. The van der Waals surface area contributed by atoms with Crippen LogP contribution in [0.4, 0.5) is 0 Å². The first-order valence-corrected chi connectivity index (χ1v) is 11.0. The van der Waals surface area contributed by atoms with E-state index in [-0.39, 0.29) is 17.4 Å². The monoisotopic (exact) mass is 398 g/mol. The van der Waals surface area contributed by atoms with Gasteiger partial charge in [0, 0.05) is 18.5 Å². The number of piperidine rings is 1. The average Bonchev–Trinajstić information content (AvgIpc) is 2.71. The molecule has 1 aliphatic rings. The second-order valence-corrected chi connectivity index (χ2v) is 8.76. The average molecular weight is 399 g/mol. The fraction of sp³-hybridized carbons (Fsp3) is 0.609. The number of fused-ring (bicyclic) bond motifs is 1. The van der Waals surface area contributed by atoms with Crippen LogP contribution >= 0.6 is 0 Å². The molecule has 1 N–H and O–H groups in total. The second-order valence-electron chi connectivity index (χ2n) is 8.76. The zero-order valence-corrected chi connectivity index (χ0v) is 18.0. The number of benzene rings is 1. The second kappa shape index (κ2) is 10.0. The van der Waals surface area contributed by atoms with Crippen molar-refractivity contribution in [3.05, 3.63) is 40.3 Å². The first kappa shape index (κ1) is 21.5. The first-order chi connectivity index (χ1) is 14.0. The standard InChI is InChI=1S/C23H34N4O2/c1-17(2)16-27-23(29)20-9-5-4-8-19(20)21(25-27)22(28)24-12-6-7-13-26-14-10-18(3)11-15-26/h4-5,8-9,17-18H,6-7,10-16H2,1-3H3,(H,24,28). The van der Waals surface area contributed by atoms with Gasteiger partial charge in [0.15, 0.2) is 5.69 Å². The van der Waals surface area contributed by atoms with Crippen molar-refractivity contribution in [3.8, 4) is 0 Å². The molecule has 6 heteroatoms. The van der Waals surface area contributed by atoms with Crippen LogP contribution < -0.4 is 10.9 Å². The number of hydrogen-bond acceptors (Lipinski definition) is 4. The van der Waals surface area contributed by atoms with E-state index in [1.54, 1.807) is 12.1 Å². The van der Waals surface area contributed by atoms with Crippen LogP contribution in [0.15, 0.2) is 29.1 Å². The summed E-state index contributed by atoms with van der Waals surface area (Å²) < 4.78 is 1.43. The van der Waals surface area contributed by atoms with Crippen LogP contribution in [0.25, 0.3) is 10.8 Å². The van der Waals surface area contributed by atoms with E-state index in [4.69, 9.17) is 0 Å². The van der Waals surface area contributed by atoms with Crippen LogP contribution in [0, 0.1) is 11.8 Å². The normalized spacial score (nSPS) is 15.9. The molecule has 0 aliphatic carbocycles. The molecular formula is C23H34N4O2. The third kappa shape index (κ3) is 5.66. The Morgan fingerprint density at radius 1 is 1.17 bits per heavy atom. The molecule has 1 aromatic heterocycles. The molecule has 1 fully saturated rings. The third-order valence-electron chi connectivity index (χ3n) is 5.68. The number of carbonyl (C=O) groups excluding carboxylic acids is 1. The highest BCUT2D eigenvalue weighted by Crippen LogP contribution is 2.16. The summed E-state index contributed by atoms with van der Waals surface area (Å²) in [6.07, 6.45) is 4.61.